The molecule has 1 aromatic heterocycles. The van der Waals surface area contributed by atoms with Crippen LogP contribution in [-0.2, 0) is 14.8 Å². The number of ether oxygens (including phenoxy) is 1. The SMILES string of the molecule is CNC(=O)c1c(-c2ccc(C)cc2)oc2cc3c(cc12)[C@H](C)OCCN3S(C)(=O)=O. The molecule has 30 heavy (non-hydrogen) atoms. The number of anilines is 1. The Bertz CT molecular complexity index is 1230. The summed E-state index contributed by atoms with van der Waals surface area (Å²) in [5.41, 5.74) is 3.95. The van der Waals surface area contributed by atoms with E-state index in [1.165, 1.54) is 10.6 Å². The third kappa shape index (κ3) is 3.46. The molecule has 7 nitrogen and oxygen atoms in total. The number of hydrogen-bond donors (Lipinski definition) is 1. The van der Waals surface area contributed by atoms with Gasteiger partial charge in [-0.05, 0) is 19.9 Å². The molecule has 1 aliphatic rings. The van der Waals surface area contributed by atoms with Crippen LogP contribution in [0, 0.1) is 6.92 Å². The van der Waals surface area contributed by atoms with Crippen LogP contribution in [0.3, 0.4) is 0 Å². The summed E-state index contributed by atoms with van der Waals surface area (Å²) in [6, 6.07) is 11.2. The molecule has 0 unspecified atom stereocenters. The molecular formula is C22H24N2O5S. The van der Waals surface area contributed by atoms with Gasteiger partial charge in [-0.15, -0.1) is 0 Å². The molecule has 0 fully saturated rings. The molecule has 0 radical (unpaired) electrons. The maximum atomic E-state index is 12.8. The van der Waals surface area contributed by atoms with Gasteiger partial charge in [0.15, 0.2) is 0 Å². The first-order chi connectivity index (χ1) is 14.2. The van der Waals surface area contributed by atoms with Gasteiger partial charge in [-0.1, -0.05) is 29.8 Å². The van der Waals surface area contributed by atoms with Crippen molar-refractivity contribution < 1.29 is 22.4 Å². The number of hydrogen-bond acceptors (Lipinski definition) is 5. The molecule has 2 heterocycles. The van der Waals surface area contributed by atoms with E-state index < -0.39 is 10.0 Å². The molecule has 0 saturated heterocycles. The average molecular weight is 429 g/mol. The molecule has 8 heteroatoms. The molecule has 1 N–H and O–H groups in total. The summed E-state index contributed by atoms with van der Waals surface area (Å²) >= 11 is 0. The minimum absolute atomic E-state index is 0.218. The number of benzene rings is 2. The molecule has 1 aliphatic heterocycles. The predicted octanol–water partition coefficient (Wildman–Crippen LogP) is 3.63. The van der Waals surface area contributed by atoms with Gasteiger partial charge in [0, 0.05) is 29.6 Å². The summed E-state index contributed by atoms with van der Waals surface area (Å²) in [6.07, 6.45) is 0.846. The maximum absolute atomic E-state index is 12.8. The van der Waals surface area contributed by atoms with Crippen LogP contribution < -0.4 is 9.62 Å². The van der Waals surface area contributed by atoms with Crippen LogP contribution in [0.15, 0.2) is 40.8 Å². The van der Waals surface area contributed by atoms with Gasteiger partial charge in [0.25, 0.3) is 5.91 Å². The molecule has 158 valence electrons. The zero-order chi connectivity index (χ0) is 21.6. The van der Waals surface area contributed by atoms with Crippen LogP contribution in [-0.4, -0.2) is 40.8 Å². The molecule has 0 aliphatic carbocycles. The third-order valence-electron chi connectivity index (χ3n) is 5.37. The van der Waals surface area contributed by atoms with Crippen molar-refractivity contribution in [1.82, 2.24) is 5.32 Å². The van der Waals surface area contributed by atoms with Gasteiger partial charge >= 0.3 is 0 Å². The number of aryl methyl sites for hydroxylation is 1. The lowest BCUT2D eigenvalue weighted by atomic mass is 10.00. The Morgan fingerprint density at radius 1 is 1.20 bits per heavy atom. The van der Waals surface area contributed by atoms with E-state index in [2.05, 4.69) is 5.32 Å². The van der Waals surface area contributed by atoms with Crippen LogP contribution in [0.5, 0.6) is 0 Å². The van der Waals surface area contributed by atoms with Crippen molar-refractivity contribution in [1.29, 1.82) is 0 Å². The lowest BCUT2D eigenvalue weighted by Gasteiger charge is -2.22. The Labute approximate surface area is 175 Å². The van der Waals surface area contributed by atoms with Crippen LogP contribution >= 0.6 is 0 Å². The first-order valence-electron chi connectivity index (χ1n) is 9.69. The van der Waals surface area contributed by atoms with Crippen molar-refractivity contribution in [3.05, 3.63) is 53.1 Å². The van der Waals surface area contributed by atoms with Crippen LogP contribution in [0.25, 0.3) is 22.3 Å². The average Bonchev–Trinajstić information content (AvgIpc) is 2.98. The minimum Gasteiger partial charge on any atom is -0.455 e. The second-order valence-electron chi connectivity index (χ2n) is 7.51. The smallest absolute Gasteiger partial charge is 0.255 e. The number of fused-ring (bicyclic) bond motifs is 2. The largest absolute Gasteiger partial charge is 0.455 e. The number of carbonyl (C=O) groups is 1. The third-order valence-corrected chi connectivity index (χ3v) is 6.55. The van der Waals surface area contributed by atoms with Crippen molar-refractivity contribution in [3.63, 3.8) is 0 Å². The lowest BCUT2D eigenvalue weighted by Crippen LogP contribution is -2.32. The molecule has 0 spiro atoms. The van der Waals surface area contributed by atoms with Gasteiger partial charge in [0.05, 0.1) is 36.8 Å². The van der Waals surface area contributed by atoms with E-state index in [1.807, 2.05) is 44.2 Å². The van der Waals surface area contributed by atoms with E-state index in [0.717, 1.165) is 11.1 Å². The summed E-state index contributed by atoms with van der Waals surface area (Å²) in [7, 11) is -1.93. The summed E-state index contributed by atoms with van der Waals surface area (Å²) < 4.78 is 38.1. The fraction of sp³-hybridized carbons (Fsp3) is 0.318. The van der Waals surface area contributed by atoms with E-state index >= 15 is 0 Å². The lowest BCUT2D eigenvalue weighted by molar-refractivity contribution is 0.0769. The molecule has 1 amide bonds. The van der Waals surface area contributed by atoms with E-state index in [-0.39, 0.29) is 25.2 Å². The molecule has 4 rings (SSSR count). The summed E-state index contributed by atoms with van der Waals surface area (Å²) in [5, 5.41) is 3.30. The van der Waals surface area contributed by atoms with E-state index in [0.29, 0.717) is 33.5 Å². The van der Waals surface area contributed by atoms with E-state index in [4.69, 9.17) is 9.15 Å². The highest BCUT2D eigenvalue weighted by Gasteiger charge is 2.30. The molecule has 0 saturated carbocycles. The molecule has 0 bridgehead atoms. The Morgan fingerprint density at radius 3 is 2.53 bits per heavy atom. The van der Waals surface area contributed by atoms with Crippen LogP contribution in [0.2, 0.25) is 0 Å². The number of sulfonamides is 1. The Balaban J connectivity index is 2.03. The molecule has 2 aromatic carbocycles. The first kappa shape index (κ1) is 20.4. The van der Waals surface area contributed by atoms with Crippen molar-refractivity contribution in [3.8, 4) is 11.3 Å². The quantitative estimate of drug-likeness (QED) is 0.688. The molecule has 1 atom stereocenters. The van der Waals surface area contributed by atoms with Gasteiger partial charge in [-0.25, -0.2) is 8.42 Å². The maximum Gasteiger partial charge on any atom is 0.255 e. The van der Waals surface area contributed by atoms with E-state index in [9.17, 15) is 13.2 Å². The number of rotatable bonds is 3. The standard InChI is InChI=1S/C22H24N2O5S/c1-13-5-7-15(8-6-13)21-20(22(25)23-3)17-11-16-14(2)28-10-9-24(30(4,26)27)18(16)12-19(17)29-21/h5-8,11-12,14H,9-10H2,1-4H3,(H,23,25)/t14-/m0/s1. The second-order valence-corrected chi connectivity index (χ2v) is 9.41. The summed E-state index contributed by atoms with van der Waals surface area (Å²) in [6.45, 7) is 4.36. The molecule has 3 aromatic rings. The highest BCUT2D eigenvalue weighted by molar-refractivity contribution is 7.92. The molecular weight excluding hydrogens is 404 g/mol. The number of nitrogens with one attached hydrogen (secondary N) is 1. The topological polar surface area (TPSA) is 88.8 Å². The number of carbonyl (C=O) groups excluding carboxylic acids is 1. The Kier molecular flexibility index (Phi) is 5.07. The zero-order valence-electron chi connectivity index (χ0n) is 17.4. The van der Waals surface area contributed by atoms with Crippen LogP contribution in [0.1, 0.15) is 34.5 Å². The number of nitrogens with zero attached hydrogens (tertiary/aromatic N) is 1. The highest BCUT2D eigenvalue weighted by Crippen LogP contribution is 2.41. The van der Waals surface area contributed by atoms with Crippen molar-refractivity contribution in [2.45, 2.75) is 20.0 Å². The van der Waals surface area contributed by atoms with Gasteiger partial charge in [0.1, 0.15) is 11.3 Å². The van der Waals surface area contributed by atoms with Gasteiger partial charge in [0.2, 0.25) is 10.0 Å². The minimum atomic E-state index is -3.50. The normalized spacial score (nSPS) is 16.9. The monoisotopic (exact) mass is 428 g/mol. The van der Waals surface area contributed by atoms with Crippen LogP contribution in [0.4, 0.5) is 5.69 Å². The predicted molar refractivity (Wildman–Crippen MR) is 116 cm³/mol. The Hall–Kier alpha value is -2.84. The van der Waals surface area contributed by atoms with E-state index in [1.54, 1.807) is 13.1 Å². The first-order valence-corrected chi connectivity index (χ1v) is 11.5. The highest BCUT2D eigenvalue weighted by atomic mass is 32.2. The van der Waals surface area contributed by atoms with Crippen molar-refractivity contribution in [2.75, 3.05) is 30.8 Å². The second kappa shape index (κ2) is 7.45. The van der Waals surface area contributed by atoms with Crippen molar-refractivity contribution >= 4 is 32.6 Å². The fourth-order valence-electron chi connectivity index (χ4n) is 3.82. The summed E-state index contributed by atoms with van der Waals surface area (Å²) in [5.74, 6) is 0.176. The van der Waals surface area contributed by atoms with Gasteiger partial charge in [-0.3, -0.25) is 9.10 Å². The van der Waals surface area contributed by atoms with Gasteiger partial charge in [-0.2, -0.15) is 0 Å². The Morgan fingerprint density at radius 2 is 1.90 bits per heavy atom. The van der Waals surface area contributed by atoms with Crippen molar-refractivity contribution in [2.24, 2.45) is 0 Å². The zero-order valence-corrected chi connectivity index (χ0v) is 18.2. The summed E-state index contributed by atoms with van der Waals surface area (Å²) in [4.78, 5) is 12.8. The number of amides is 1. The fourth-order valence-corrected chi connectivity index (χ4v) is 4.74. The van der Waals surface area contributed by atoms with Gasteiger partial charge < -0.3 is 14.5 Å². The number of furan rings is 1.